The number of alkyl halides is 3. The van der Waals surface area contributed by atoms with Crippen LogP contribution in [0.1, 0.15) is 17.7 Å². The second-order valence-electron chi connectivity index (χ2n) is 2.54. The van der Waals surface area contributed by atoms with Gasteiger partial charge in [-0.05, 0) is 0 Å². The summed E-state index contributed by atoms with van der Waals surface area (Å²) in [6.45, 7) is 0. The van der Waals surface area contributed by atoms with Crippen LogP contribution in [0.3, 0.4) is 0 Å². The molecule has 1 aromatic rings. The average molecular weight is 224 g/mol. The van der Waals surface area contributed by atoms with Gasteiger partial charge in [0.1, 0.15) is 11.3 Å². The number of halogens is 3. The van der Waals surface area contributed by atoms with E-state index in [-0.39, 0.29) is 11.6 Å². The van der Waals surface area contributed by atoms with Crippen molar-refractivity contribution in [3.05, 3.63) is 27.7 Å². The van der Waals surface area contributed by atoms with Crippen molar-refractivity contribution in [2.75, 3.05) is 7.11 Å². The highest BCUT2D eigenvalue weighted by molar-refractivity contribution is 6.16. The van der Waals surface area contributed by atoms with Gasteiger partial charge in [-0.15, -0.1) is 11.6 Å². The standard InChI is InChI=1S/C8H8ClF2NO2/c1-14-5-2-4(3-9)12-8(13)6(5)7(10)11/h2,7H,3H2,1H3,(H,12,13). The van der Waals surface area contributed by atoms with Crippen molar-refractivity contribution in [3.8, 4) is 5.75 Å². The van der Waals surface area contributed by atoms with Crippen LogP contribution >= 0.6 is 11.6 Å². The predicted molar refractivity (Wildman–Crippen MR) is 48.1 cm³/mol. The van der Waals surface area contributed by atoms with Crippen LogP contribution in [-0.2, 0) is 5.88 Å². The molecule has 0 amide bonds. The molecule has 0 saturated heterocycles. The van der Waals surface area contributed by atoms with Crippen LogP contribution in [0.5, 0.6) is 5.75 Å². The lowest BCUT2D eigenvalue weighted by atomic mass is 10.2. The van der Waals surface area contributed by atoms with Crippen LogP contribution in [0.4, 0.5) is 8.78 Å². The zero-order chi connectivity index (χ0) is 10.7. The van der Waals surface area contributed by atoms with E-state index in [1.165, 1.54) is 13.2 Å². The van der Waals surface area contributed by atoms with E-state index in [0.717, 1.165) is 0 Å². The summed E-state index contributed by atoms with van der Waals surface area (Å²) >= 11 is 5.45. The molecule has 0 fully saturated rings. The maximum absolute atomic E-state index is 12.4. The van der Waals surface area contributed by atoms with Gasteiger partial charge in [0.15, 0.2) is 0 Å². The summed E-state index contributed by atoms with van der Waals surface area (Å²) in [4.78, 5) is 13.4. The van der Waals surface area contributed by atoms with Crippen molar-refractivity contribution in [2.45, 2.75) is 12.3 Å². The lowest BCUT2D eigenvalue weighted by Gasteiger charge is -2.07. The first-order valence-electron chi connectivity index (χ1n) is 3.74. The molecule has 1 N–H and O–H groups in total. The molecule has 0 saturated carbocycles. The van der Waals surface area contributed by atoms with Gasteiger partial charge in [-0.2, -0.15) is 0 Å². The van der Waals surface area contributed by atoms with E-state index in [1.54, 1.807) is 0 Å². The zero-order valence-electron chi connectivity index (χ0n) is 7.31. The zero-order valence-corrected chi connectivity index (χ0v) is 8.07. The predicted octanol–water partition coefficient (Wildman–Crippen LogP) is 2.06. The molecule has 0 radical (unpaired) electrons. The van der Waals surface area contributed by atoms with Crippen molar-refractivity contribution >= 4 is 11.6 Å². The second kappa shape index (κ2) is 4.41. The van der Waals surface area contributed by atoms with Crippen molar-refractivity contribution in [1.82, 2.24) is 4.98 Å². The van der Waals surface area contributed by atoms with E-state index in [9.17, 15) is 13.6 Å². The molecule has 0 unspecified atom stereocenters. The SMILES string of the molecule is COc1cc(CCl)[nH]c(=O)c1C(F)F. The van der Waals surface area contributed by atoms with Crippen molar-refractivity contribution in [2.24, 2.45) is 0 Å². The molecule has 6 heteroatoms. The van der Waals surface area contributed by atoms with Gasteiger partial charge in [0.2, 0.25) is 0 Å². The summed E-state index contributed by atoms with van der Waals surface area (Å²) in [6, 6.07) is 1.29. The quantitative estimate of drug-likeness (QED) is 0.797. The van der Waals surface area contributed by atoms with E-state index < -0.39 is 17.5 Å². The first kappa shape index (κ1) is 11.0. The van der Waals surface area contributed by atoms with Gasteiger partial charge < -0.3 is 9.72 Å². The van der Waals surface area contributed by atoms with E-state index in [0.29, 0.717) is 5.69 Å². The third kappa shape index (κ3) is 2.04. The number of rotatable bonds is 3. The fourth-order valence-electron chi connectivity index (χ4n) is 1.04. The van der Waals surface area contributed by atoms with Gasteiger partial charge in [-0.3, -0.25) is 4.79 Å². The number of aromatic amines is 1. The molecule has 0 bridgehead atoms. The summed E-state index contributed by atoms with van der Waals surface area (Å²) in [5.74, 6) is -0.103. The van der Waals surface area contributed by atoms with E-state index in [4.69, 9.17) is 11.6 Å². The number of nitrogens with one attached hydrogen (secondary N) is 1. The fraction of sp³-hybridized carbons (Fsp3) is 0.375. The second-order valence-corrected chi connectivity index (χ2v) is 2.81. The molecule has 0 aliphatic heterocycles. The highest BCUT2D eigenvalue weighted by Crippen LogP contribution is 2.25. The van der Waals surface area contributed by atoms with Gasteiger partial charge in [0, 0.05) is 11.8 Å². The molecule has 1 rings (SSSR count). The molecule has 1 heterocycles. The monoisotopic (exact) mass is 223 g/mol. The molecule has 0 aromatic carbocycles. The first-order valence-corrected chi connectivity index (χ1v) is 4.27. The van der Waals surface area contributed by atoms with E-state index >= 15 is 0 Å². The fourth-order valence-corrected chi connectivity index (χ4v) is 1.19. The summed E-state index contributed by atoms with van der Waals surface area (Å²) in [6.07, 6.45) is -2.86. The largest absolute Gasteiger partial charge is 0.496 e. The van der Waals surface area contributed by atoms with Gasteiger partial charge in [-0.25, -0.2) is 8.78 Å². The number of H-pyrrole nitrogens is 1. The molecule has 0 aliphatic rings. The Bertz CT molecular complexity index is 378. The molecule has 0 atom stereocenters. The van der Waals surface area contributed by atoms with Crippen LogP contribution in [0.15, 0.2) is 10.9 Å². The highest BCUT2D eigenvalue weighted by atomic mass is 35.5. The molecule has 1 aromatic heterocycles. The first-order chi connectivity index (χ1) is 6.60. The van der Waals surface area contributed by atoms with Crippen LogP contribution in [0.25, 0.3) is 0 Å². The van der Waals surface area contributed by atoms with Gasteiger partial charge in [0.05, 0.1) is 13.0 Å². The lowest BCUT2D eigenvalue weighted by Crippen LogP contribution is -2.16. The minimum absolute atomic E-state index is 0.0368. The Morgan fingerprint density at radius 3 is 2.71 bits per heavy atom. The van der Waals surface area contributed by atoms with Crippen molar-refractivity contribution in [1.29, 1.82) is 0 Å². The minimum atomic E-state index is -2.86. The van der Waals surface area contributed by atoms with Crippen molar-refractivity contribution < 1.29 is 13.5 Å². The number of aromatic nitrogens is 1. The Kier molecular flexibility index (Phi) is 3.46. The number of methoxy groups -OCH3 is 1. The highest BCUT2D eigenvalue weighted by Gasteiger charge is 2.19. The molecule has 0 spiro atoms. The smallest absolute Gasteiger partial charge is 0.272 e. The molecular formula is C8H8ClF2NO2. The summed E-state index contributed by atoms with van der Waals surface area (Å²) in [7, 11) is 1.22. The third-order valence-corrected chi connectivity index (χ3v) is 1.96. The third-order valence-electron chi connectivity index (χ3n) is 1.67. The maximum atomic E-state index is 12.4. The Hall–Kier alpha value is -1.10. The number of pyridine rings is 1. The summed E-state index contributed by atoms with van der Waals surface area (Å²) < 4.78 is 29.4. The summed E-state index contributed by atoms with van der Waals surface area (Å²) in [5, 5.41) is 0. The number of hydrogen-bond donors (Lipinski definition) is 1. The Balaban J connectivity index is 3.35. The Labute approximate surface area is 83.7 Å². The minimum Gasteiger partial charge on any atom is -0.496 e. The molecule has 14 heavy (non-hydrogen) atoms. The van der Waals surface area contributed by atoms with Crippen molar-refractivity contribution in [3.63, 3.8) is 0 Å². The van der Waals surface area contributed by atoms with Crippen LogP contribution in [0, 0.1) is 0 Å². The van der Waals surface area contributed by atoms with E-state index in [2.05, 4.69) is 9.72 Å². The average Bonchev–Trinajstić information content (AvgIpc) is 2.15. The van der Waals surface area contributed by atoms with Crippen LogP contribution in [0.2, 0.25) is 0 Å². The molecule has 3 nitrogen and oxygen atoms in total. The molecule has 78 valence electrons. The Morgan fingerprint density at radius 2 is 2.29 bits per heavy atom. The maximum Gasteiger partial charge on any atom is 0.272 e. The lowest BCUT2D eigenvalue weighted by molar-refractivity contribution is 0.145. The van der Waals surface area contributed by atoms with Crippen LogP contribution < -0.4 is 10.3 Å². The number of hydrogen-bond acceptors (Lipinski definition) is 2. The molecular weight excluding hydrogens is 216 g/mol. The van der Waals surface area contributed by atoms with Gasteiger partial charge in [0.25, 0.3) is 12.0 Å². The van der Waals surface area contributed by atoms with Gasteiger partial charge in [-0.1, -0.05) is 0 Å². The normalized spacial score (nSPS) is 10.6. The van der Waals surface area contributed by atoms with Gasteiger partial charge >= 0.3 is 0 Å². The number of ether oxygens (including phenoxy) is 1. The van der Waals surface area contributed by atoms with Crippen LogP contribution in [-0.4, -0.2) is 12.1 Å². The topological polar surface area (TPSA) is 42.1 Å². The molecule has 0 aliphatic carbocycles. The Morgan fingerprint density at radius 1 is 1.64 bits per heavy atom. The summed E-state index contributed by atoms with van der Waals surface area (Å²) in [5.41, 5.74) is -1.19. The van der Waals surface area contributed by atoms with E-state index in [1.807, 2.05) is 0 Å².